The third-order valence-corrected chi connectivity index (χ3v) is 10.3. The molecule has 13 heteroatoms. The molecule has 4 heterocycles. The minimum Gasteiger partial charge on any atom is -0.293 e. The summed E-state index contributed by atoms with van der Waals surface area (Å²) in [7, 11) is 0. The Bertz CT molecular complexity index is 2210. The third-order valence-electron chi connectivity index (χ3n) is 7.62. The summed E-state index contributed by atoms with van der Waals surface area (Å²) in [5, 5.41) is 12.4. The van der Waals surface area contributed by atoms with Crippen LogP contribution in [-0.2, 0) is 0 Å². The first-order valence-electron chi connectivity index (χ1n) is 14.0. The smallest absolute Gasteiger partial charge is 0.277 e. The zero-order valence-corrected chi connectivity index (χ0v) is 28.9. The van der Waals surface area contributed by atoms with E-state index >= 15 is 0 Å². The van der Waals surface area contributed by atoms with Gasteiger partial charge < -0.3 is 0 Å². The fraction of sp³-hybridized carbons (Fsp3) is 0.0909. The molecule has 46 heavy (non-hydrogen) atoms. The lowest BCUT2D eigenvalue weighted by molar-refractivity contribution is 0.823. The summed E-state index contributed by atoms with van der Waals surface area (Å²) < 4.78 is 3.76. The molecule has 0 aliphatic heterocycles. The van der Waals surface area contributed by atoms with E-state index in [-0.39, 0.29) is 11.1 Å². The topological polar surface area (TPSA) is 101 Å². The maximum absolute atomic E-state index is 14.3. The fourth-order valence-corrected chi connectivity index (χ4v) is 7.72. The number of aromatic nitrogens is 6. The van der Waals surface area contributed by atoms with Crippen molar-refractivity contribution in [1.29, 1.82) is 0 Å². The molecule has 0 aliphatic carbocycles. The van der Waals surface area contributed by atoms with Gasteiger partial charge in [-0.3, -0.25) is 19.8 Å². The molecule has 0 fully saturated rings. The number of hydrogen-bond donors (Lipinski definition) is 2. The number of rotatable bonds is 7. The van der Waals surface area contributed by atoms with E-state index in [1.807, 2.05) is 85.3 Å². The predicted octanol–water partition coefficient (Wildman–Crippen LogP) is 8.76. The molecular formula is C33H23BrCl2N6O2S2. The minimum atomic E-state index is -0.678. The van der Waals surface area contributed by atoms with Gasteiger partial charge >= 0.3 is 0 Å². The number of halogens is 3. The number of aromatic amines is 2. The summed E-state index contributed by atoms with van der Waals surface area (Å²) >= 11 is 18.6. The van der Waals surface area contributed by atoms with Crippen molar-refractivity contribution in [2.75, 3.05) is 0 Å². The summed E-state index contributed by atoms with van der Waals surface area (Å²) in [6, 6.07) is 22.5. The van der Waals surface area contributed by atoms with Gasteiger partial charge in [0.2, 0.25) is 10.3 Å². The Kier molecular flexibility index (Phi) is 8.20. The lowest BCUT2D eigenvalue weighted by Crippen LogP contribution is -2.25. The molecule has 0 atom stereocenters. The van der Waals surface area contributed by atoms with Gasteiger partial charge in [-0.1, -0.05) is 75.5 Å². The average Bonchev–Trinajstić information content (AvgIpc) is 3.83. The van der Waals surface area contributed by atoms with Gasteiger partial charge in [-0.05, 0) is 55.8 Å². The first kappa shape index (κ1) is 30.6. The number of aryl methyl sites for hydroxylation is 2. The van der Waals surface area contributed by atoms with Crippen LogP contribution >= 0.6 is 61.8 Å². The van der Waals surface area contributed by atoms with Gasteiger partial charge in [0.15, 0.2) is 0 Å². The molecule has 2 N–H and O–H groups in total. The van der Waals surface area contributed by atoms with E-state index in [1.165, 1.54) is 32.0 Å². The molecule has 0 aliphatic rings. The van der Waals surface area contributed by atoms with Crippen LogP contribution in [0.5, 0.6) is 0 Å². The number of nitrogens with one attached hydrogen (secondary N) is 2. The zero-order chi connectivity index (χ0) is 32.1. The molecule has 0 saturated carbocycles. The normalized spacial score (nSPS) is 11.5. The molecule has 7 aromatic rings. The number of nitrogens with zero attached hydrogens (tertiary/aromatic N) is 4. The Hall–Kier alpha value is -4.00. The summed E-state index contributed by atoms with van der Waals surface area (Å²) in [6.45, 7) is 3.67. The minimum absolute atomic E-state index is 0.290. The quantitative estimate of drug-likeness (QED) is 0.170. The standard InChI is InChI=1S/C33H23BrCl2N6O2S2/c1-17-27(30(43)41(39-17)32-37-25(15-45-32)20-5-3-7-23(35)13-20)29(19-9-11-22(34)12-10-19)28-18(2)40-42(31(28)44)33-38-26(16-46-33)21-6-4-8-24(36)14-21/h3-16,29,39-40H,1-2H3. The summed E-state index contributed by atoms with van der Waals surface area (Å²) in [4.78, 5) is 38.0. The molecule has 0 radical (unpaired) electrons. The maximum atomic E-state index is 14.3. The molecule has 0 amide bonds. The van der Waals surface area contributed by atoms with Crippen LogP contribution in [0.2, 0.25) is 10.0 Å². The highest BCUT2D eigenvalue weighted by Gasteiger charge is 2.31. The second-order valence-corrected chi connectivity index (χ2v) is 14.1. The predicted molar refractivity (Wildman–Crippen MR) is 190 cm³/mol. The van der Waals surface area contributed by atoms with Crippen LogP contribution in [0, 0.1) is 13.8 Å². The molecule has 4 aromatic heterocycles. The van der Waals surface area contributed by atoms with Crippen LogP contribution in [0.1, 0.15) is 34.0 Å². The van der Waals surface area contributed by atoms with E-state index in [9.17, 15) is 9.59 Å². The van der Waals surface area contributed by atoms with Gasteiger partial charge in [0.25, 0.3) is 11.1 Å². The first-order valence-corrected chi connectivity index (χ1v) is 17.3. The lowest BCUT2D eigenvalue weighted by Gasteiger charge is -2.16. The number of hydrogen-bond acceptors (Lipinski definition) is 6. The Morgan fingerprint density at radius 3 is 1.61 bits per heavy atom. The Balaban J connectivity index is 1.35. The van der Waals surface area contributed by atoms with Gasteiger partial charge in [-0.25, -0.2) is 9.97 Å². The monoisotopic (exact) mass is 748 g/mol. The molecule has 3 aromatic carbocycles. The van der Waals surface area contributed by atoms with Crippen molar-refractivity contribution in [2.24, 2.45) is 0 Å². The van der Waals surface area contributed by atoms with Gasteiger partial charge in [0.1, 0.15) is 0 Å². The summed E-state index contributed by atoms with van der Waals surface area (Å²) in [5.74, 6) is -0.678. The van der Waals surface area contributed by atoms with Gasteiger partial charge in [-0.2, -0.15) is 9.36 Å². The van der Waals surface area contributed by atoms with Crippen molar-refractivity contribution in [2.45, 2.75) is 19.8 Å². The Labute approximate surface area is 289 Å². The van der Waals surface area contributed by atoms with E-state index in [4.69, 9.17) is 33.2 Å². The van der Waals surface area contributed by atoms with E-state index in [2.05, 4.69) is 26.1 Å². The zero-order valence-electron chi connectivity index (χ0n) is 24.2. The number of benzene rings is 3. The Morgan fingerprint density at radius 1 is 0.717 bits per heavy atom. The highest BCUT2D eigenvalue weighted by molar-refractivity contribution is 9.10. The molecule has 230 valence electrons. The molecule has 8 nitrogen and oxygen atoms in total. The second kappa shape index (κ2) is 12.3. The van der Waals surface area contributed by atoms with Crippen LogP contribution in [0.25, 0.3) is 32.8 Å². The largest absolute Gasteiger partial charge is 0.293 e. The molecule has 0 spiro atoms. The van der Waals surface area contributed by atoms with Crippen LogP contribution in [0.4, 0.5) is 0 Å². The van der Waals surface area contributed by atoms with Crippen LogP contribution in [-0.4, -0.2) is 29.5 Å². The number of thiazole rings is 2. The van der Waals surface area contributed by atoms with E-state index < -0.39 is 5.92 Å². The molecule has 0 unspecified atom stereocenters. The van der Waals surface area contributed by atoms with Crippen LogP contribution in [0.3, 0.4) is 0 Å². The van der Waals surface area contributed by atoms with Crippen molar-refractivity contribution in [1.82, 2.24) is 29.5 Å². The van der Waals surface area contributed by atoms with Crippen LogP contribution in [0.15, 0.2) is 97.6 Å². The van der Waals surface area contributed by atoms with Crippen molar-refractivity contribution < 1.29 is 0 Å². The Morgan fingerprint density at radius 2 is 1.17 bits per heavy atom. The summed E-state index contributed by atoms with van der Waals surface area (Å²) in [6.07, 6.45) is 0. The summed E-state index contributed by atoms with van der Waals surface area (Å²) in [5.41, 5.74) is 5.48. The van der Waals surface area contributed by atoms with Crippen LogP contribution < -0.4 is 11.1 Å². The van der Waals surface area contributed by atoms with Gasteiger partial charge in [0, 0.05) is 53.7 Å². The molecule has 0 bridgehead atoms. The average molecular weight is 751 g/mol. The second-order valence-electron chi connectivity index (χ2n) is 10.6. The molecule has 0 saturated heterocycles. The van der Waals surface area contributed by atoms with Gasteiger partial charge in [-0.15, -0.1) is 22.7 Å². The van der Waals surface area contributed by atoms with Gasteiger partial charge in [0.05, 0.1) is 22.5 Å². The molecule has 7 rings (SSSR count). The SMILES string of the molecule is Cc1[nH]n(-c2nc(-c3cccc(Cl)c3)cs2)c(=O)c1C(c1ccc(Br)cc1)c1c(C)[nH]n(-c2nc(-c3cccc(Cl)c3)cs2)c1=O. The third kappa shape index (κ3) is 5.62. The fourth-order valence-electron chi connectivity index (χ4n) is 5.50. The molecular weight excluding hydrogens is 727 g/mol. The lowest BCUT2D eigenvalue weighted by atomic mass is 9.85. The van der Waals surface area contributed by atoms with Crippen molar-refractivity contribution in [3.05, 3.63) is 147 Å². The van der Waals surface area contributed by atoms with Crippen molar-refractivity contribution in [3.63, 3.8) is 0 Å². The highest BCUT2D eigenvalue weighted by atomic mass is 79.9. The van der Waals surface area contributed by atoms with Crippen molar-refractivity contribution >= 4 is 61.8 Å². The van der Waals surface area contributed by atoms with E-state index in [1.54, 1.807) is 12.1 Å². The highest BCUT2D eigenvalue weighted by Crippen LogP contribution is 2.34. The van der Waals surface area contributed by atoms with E-state index in [0.29, 0.717) is 54.2 Å². The van der Waals surface area contributed by atoms with Crippen molar-refractivity contribution in [3.8, 4) is 32.8 Å². The first-order chi connectivity index (χ1) is 22.2. The maximum Gasteiger partial charge on any atom is 0.277 e. The number of H-pyrrole nitrogens is 2. The van der Waals surface area contributed by atoms with E-state index in [0.717, 1.165) is 21.2 Å².